The maximum Gasteiger partial charge on any atom is 0.306 e. The van der Waals surface area contributed by atoms with Crippen LogP contribution in [0.2, 0.25) is 0 Å². The van der Waals surface area contributed by atoms with Crippen LogP contribution in [0.25, 0.3) is 0 Å². The number of nitrogens with one attached hydrogen (secondary N) is 1. The van der Waals surface area contributed by atoms with Gasteiger partial charge in [0, 0.05) is 47.1 Å². The number of esters is 2. The van der Waals surface area contributed by atoms with E-state index < -0.39 is 11.2 Å². The van der Waals surface area contributed by atoms with E-state index in [1.54, 1.807) is 0 Å². The molecular formula is C30H57ClN4O6. The number of hydrogen-bond donors (Lipinski definition) is 2. The molecule has 10 nitrogen and oxygen atoms in total. The lowest BCUT2D eigenvalue weighted by molar-refractivity contribution is -0.142. The Kier molecular flexibility index (Phi) is 15.5. The second kappa shape index (κ2) is 16.2. The van der Waals surface area contributed by atoms with Gasteiger partial charge < -0.3 is 20.5 Å². The van der Waals surface area contributed by atoms with Gasteiger partial charge in [-0.15, -0.1) is 0 Å². The first-order chi connectivity index (χ1) is 18.5. The number of ether oxygens (including phenoxy) is 2. The number of piperidine rings is 2. The van der Waals surface area contributed by atoms with Crippen LogP contribution in [-0.2, 0) is 28.7 Å². The minimum Gasteiger partial charge on any atom is -0.469 e. The van der Waals surface area contributed by atoms with Gasteiger partial charge in [-0.1, -0.05) is 0 Å². The Hall–Kier alpha value is -1.75. The van der Waals surface area contributed by atoms with Crippen molar-refractivity contribution in [3.63, 3.8) is 0 Å². The molecule has 0 atom stereocenters. The SMILES string of the molecule is CN1C(C)(C)CC(N)CC1(C)C.COC(=O)CCC(=O)Cl.COC(=O)CCC(=O)NC1CC(C)(C)N(C)C(C)(C)C1. The zero-order valence-electron chi connectivity index (χ0n) is 27.6. The smallest absolute Gasteiger partial charge is 0.306 e. The quantitative estimate of drug-likeness (QED) is 0.327. The number of rotatable bonds is 7. The second-order valence-electron chi connectivity index (χ2n) is 13.7. The zero-order chi connectivity index (χ0) is 32.4. The van der Waals surface area contributed by atoms with E-state index in [0.29, 0.717) is 6.04 Å². The largest absolute Gasteiger partial charge is 0.469 e. The normalized spacial score (nSPS) is 21.7. The van der Waals surface area contributed by atoms with Crippen LogP contribution in [0.4, 0.5) is 0 Å². The number of carbonyl (C=O) groups is 4. The summed E-state index contributed by atoms with van der Waals surface area (Å²) in [7, 11) is 6.93. The maximum atomic E-state index is 11.9. The third-order valence-electron chi connectivity index (χ3n) is 8.55. The van der Waals surface area contributed by atoms with Crippen LogP contribution in [-0.4, -0.2) is 95.4 Å². The van der Waals surface area contributed by atoms with Gasteiger partial charge in [-0.3, -0.25) is 29.0 Å². The Bertz CT molecular complexity index is 854. The predicted octanol–water partition coefficient (Wildman–Crippen LogP) is 4.01. The van der Waals surface area contributed by atoms with Crippen molar-refractivity contribution in [3.8, 4) is 0 Å². The van der Waals surface area contributed by atoms with Gasteiger partial charge in [0.05, 0.1) is 27.1 Å². The Morgan fingerprint density at radius 3 is 1.39 bits per heavy atom. The fourth-order valence-electron chi connectivity index (χ4n) is 5.84. The van der Waals surface area contributed by atoms with E-state index in [2.05, 4.69) is 94.1 Å². The van der Waals surface area contributed by atoms with Crippen LogP contribution < -0.4 is 11.1 Å². The molecule has 0 aromatic heterocycles. The molecule has 41 heavy (non-hydrogen) atoms. The van der Waals surface area contributed by atoms with Crippen LogP contribution >= 0.6 is 11.6 Å². The molecule has 11 heteroatoms. The summed E-state index contributed by atoms with van der Waals surface area (Å²) in [5.74, 6) is -0.829. The van der Waals surface area contributed by atoms with Crippen molar-refractivity contribution >= 4 is 34.7 Å². The number of hydrogen-bond acceptors (Lipinski definition) is 9. The first-order valence-corrected chi connectivity index (χ1v) is 14.7. The number of nitrogens with zero attached hydrogens (tertiary/aromatic N) is 2. The molecule has 0 aliphatic carbocycles. The van der Waals surface area contributed by atoms with Gasteiger partial charge >= 0.3 is 11.9 Å². The number of carbonyl (C=O) groups excluding carboxylic acids is 4. The highest BCUT2D eigenvalue weighted by Gasteiger charge is 2.43. The molecule has 2 fully saturated rings. The molecule has 3 N–H and O–H groups in total. The van der Waals surface area contributed by atoms with Crippen LogP contribution in [0.5, 0.6) is 0 Å². The molecule has 0 saturated carbocycles. The second-order valence-corrected chi connectivity index (χ2v) is 14.1. The molecular weight excluding hydrogens is 548 g/mol. The van der Waals surface area contributed by atoms with E-state index >= 15 is 0 Å². The summed E-state index contributed by atoms with van der Waals surface area (Å²) in [5, 5.41) is 2.54. The molecule has 2 heterocycles. The van der Waals surface area contributed by atoms with E-state index in [0.717, 1.165) is 25.7 Å². The third kappa shape index (κ3) is 13.8. The summed E-state index contributed by atoms with van der Waals surface area (Å²) >= 11 is 4.93. The number of amides is 1. The molecule has 0 bridgehead atoms. The lowest BCUT2D eigenvalue weighted by Gasteiger charge is -2.53. The Balaban J connectivity index is 0.000000646. The maximum absolute atomic E-state index is 11.9. The summed E-state index contributed by atoms with van der Waals surface area (Å²) < 4.78 is 8.80. The van der Waals surface area contributed by atoms with E-state index in [4.69, 9.17) is 17.3 Å². The topological polar surface area (TPSA) is 131 Å². The van der Waals surface area contributed by atoms with E-state index in [1.807, 2.05) is 0 Å². The molecule has 2 rings (SSSR count). The average molecular weight is 605 g/mol. The molecule has 0 radical (unpaired) electrons. The summed E-state index contributed by atoms with van der Waals surface area (Å²) in [6.07, 6.45) is 4.49. The fourth-order valence-corrected chi connectivity index (χ4v) is 5.94. The first-order valence-electron chi connectivity index (χ1n) is 14.4. The molecule has 0 spiro atoms. The first kappa shape index (κ1) is 39.2. The van der Waals surface area contributed by atoms with E-state index in [9.17, 15) is 19.2 Å². The number of nitrogens with two attached hydrogens (primary N) is 1. The lowest BCUT2D eigenvalue weighted by atomic mass is 9.77. The van der Waals surface area contributed by atoms with Crippen LogP contribution in [0, 0.1) is 0 Å². The van der Waals surface area contributed by atoms with Gasteiger partial charge in [-0.05, 0) is 107 Å². The highest BCUT2D eigenvalue weighted by atomic mass is 35.5. The lowest BCUT2D eigenvalue weighted by Crippen LogP contribution is -2.62. The molecule has 240 valence electrons. The molecule has 0 aromatic carbocycles. The average Bonchev–Trinajstić information content (AvgIpc) is 2.82. The monoisotopic (exact) mass is 604 g/mol. The number of methoxy groups -OCH3 is 2. The van der Waals surface area contributed by atoms with E-state index in [-0.39, 0.29) is 65.8 Å². The predicted molar refractivity (Wildman–Crippen MR) is 164 cm³/mol. The Labute approximate surface area is 253 Å². The number of halogens is 1. The van der Waals surface area contributed by atoms with Crippen LogP contribution in [0.3, 0.4) is 0 Å². The van der Waals surface area contributed by atoms with Crippen molar-refractivity contribution in [3.05, 3.63) is 0 Å². The summed E-state index contributed by atoms with van der Waals surface area (Å²) in [6.45, 7) is 17.9. The van der Waals surface area contributed by atoms with Gasteiger partial charge in [0.2, 0.25) is 11.1 Å². The third-order valence-corrected chi connectivity index (χ3v) is 8.74. The van der Waals surface area contributed by atoms with Gasteiger partial charge in [-0.2, -0.15) is 0 Å². The minimum atomic E-state index is -0.514. The number of likely N-dealkylation sites (tertiary alicyclic amines) is 2. The van der Waals surface area contributed by atoms with Crippen molar-refractivity contribution in [1.82, 2.24) is 15.1 Å². The molecule has 2 aliphatic rings. The summed E-state index contributed by atoms with van der Waals surface area (Å²) in [4.78, 5) is 48.1. The van der Waals surface area contributed by atoms with Crippen LogP contribution in [0.1, 0.15) is 107 Å². The van der Waals surface area contributed by atoms with Crippen molar-refractivity contribution in [2.45, 2.75) is 141 Å². The van der Waals surface area contributed by atoms with Crippen molar-refractivity contribution in [2.24, 2.45) is 5.73 Å². The Morgan fingerprint density at radius 2 is 1.05 bits per heavy atom. The van der Waals surface area contributed by atoms with Crippen LogP contribution in [0.15, 0.2) is 0 Å². The summed E-state index contributed by atoms with van der Waals surface area (Å²) in [5.41, 5.74) is 6.61. The summed E-state index contributed by atoms with van der Waals surface area (Å²) in [6, 6.07) is 0.521. The Morgan fingerprint density at radius 1 is 0.707 bits per heavy atom. The van der Waals surface area contributed by atoms with E-state index in [1.165, 1.54) is 14.2 Å². The highest BCUT2D eigenvalue weighted by molar-refractivity contribution is 6.63. The van der Waals surface area contributed by atoms with Gasteiger partial charge in [0.15, 0.2) is 0 Å². The fraction of sp³-hybridized carbons (Fsp3) is 0.867. The van der Waals surface area contributed by atoms with Crippen molar-refractivity contribution in [2.75, 3.05) is 28.3 Å². The van der Waals surface area contributed by atoms with Gasteiger partial charge in [0.25, 0.3) is 0 Å². The van der Waals surface area contributed by atoms with Crippen molar-refractivity contribution < 1.29 is 28.7 Å². The molecule has 1 amide bonds. The van der Waals surface area contributed by atoms with Crippen molar-refractivity contribution in [1.29, 1.82) is 0 Å². The molecule has 2 saturated heterocycles. The molecule has 0 unspecified atom stereocenters. The standard InChI is InChI=1S/C15H28N2O3.C10H22N2.C5H7ClO3/c1-14(2)9-11(10-15(3,4)17(14)5)16-12(18)7-8-13(19)20-6;1-9(2)6-8(11)7-10(3,4)12(9)5;1-9-5(8)3-2-4(6)7/h11H,7-10H2,1-6H3,(H,16,18);8H,6-7,11H2,1-5H3;2-3H2,1H3. The molecule has 2 aliphatic heterocycles. The highest BCUT2D eigenvalue weighted by Crippen LogP contribution is 2.37. The zero-order valence-corrected chi connectivity index (χ0v) is 28.4. The van der Waals surface area contributed by atoms with Gasteiger partial charge in [-0.25, -0.2) is 0 Å². The van der Waals surface area contributed by atoms with Gasteiger partial charge in [0.1, 0.15) is 0 Å². The molecule has 0 aromatic rings. The minimum absolute atomic E-state index is 0.0437.